The molecule has 6 heteroatoms. The number of benzene rings is 2. The highest BCUT2D eigenvalue weighted by Crippen LogP contribution is 2.20. The first-order valence-electron chi connectivity index (χ1n) is 7.71. The monoisotopic (exact) mass is 341 g/mol. The van der Waals surface area contributed by atoms with E-state index in [1.807, 2.05) is 19.9 Å². The number of aromatic carboxylic acids is 1. The van der Waals surface area contributed by atoms with E-state index in [0.717, 1.165) is 11.1 Å². The lowest BCUT2D eigenvalue weighted by molar-refractivity contribution is -0.137. The second-order valence-corrected chi connectivity index (χ2v) is 5.85. The number of hydrogen-bond donors (Lipinski definition) is 3. The summed E-state index contributed by atoms with van der Waals surface area (Å²) in [5, 5.41) is 20.9. The van der Waals surface area contributed by atoms with Crippen molar-refractivity contribution in [1.82, 2.24) is 5.32 Å². The van der Waals surface area contributed by atoms with Crippen LogP contribution in [0.25, 0.3) is 0 Å². The molecule has 1 unspecified atom stereocenters. The summed E-state index contributed by atoms with van der Waals surface area (Å²) in [4.78, 5) is 34.7. The third-order valence-corrected chi connectivity index (χ3v) is 3.99. The Balaban J connectivity index is 2.29. The summed E-state index contributed by atoms with van der Waals surface area (Å²) in [5.41, 5.74) is 2.89. The van der Waals surface area contributed by atoms with Gasteiger partial charge in [-0.05, 0) is 54.8 Å². The van der Waals surface area contributed by atoms with Gasteiger partial charge in [0.2, 0.25) is 0 Å². The average Bonchev–Trinajstić information content (AvgIpc) is 2.56. The number of aryl methyl sites for hydroxylation is 2. The molecule has 0 fully saturated rings. The van der Waals surface area contributed by atoms with E-state index < -0.39 is 23.9 Å². The zero-order valence-electron chi connectivity index (χ0n) is 13.9. The minimum Gasteiger partial charge on any atom is -0.481 e. The summed E-state index contributed by atoms with van der Waals surface area (Å²) in [6.45, 7) is 3.82. The maximum Gasteiger partial charge on any atom is 0.335 e. The van der Waals surface area contributed by atoms with Gasteiger partial charge in [0.05, 0.1) is 18.0 Å². The summed E-state index contributed by atoms with van der Waals surface area (Å²) in [7, 11) is 0. The lowest BCUT2D eigenvalue weighted by atomic mass is 10.00. The molecule has 6 nitrogen and oxygen atoms in total. The van der Waals surface area contributed by atoms with Crippen molar-refractivity contribution >= 4 is 17.8 Å². The van der Waals surface area contributed by atoms with E-state index in [1.54, 1.807) is 18.2 Å². The highest BCUT2D eigenvalue weighted by molar-refractivity contribution is 5.95. The molecule has 0 saturated heterocycles. The van der Waals surface area contributed by atoms with Crippen molar-refractivity contribution in [1.29, 1.82) is 0 Å². The van der Waals surface area contributed by atoms with E-state index in [4.69, 9.17) is 10.2 Å². The summed E-state index contributed by atoms with van der Waals surface area (Å²) >= 11 is 0. The molecule has 2 aromatic carbocycles. The van der Waals surface area contributed by atoms with Crippen molar-refractivity contribution in [3.8, 4) is 0 Å². The Bertz CT molecular complexity index is 828. The number of aliphatic carboxylic acids is 1. The SMILES string of the molecule is Cc1ccc(C(=O)NC(CC(=O)O)c2cccc(C(=O)O)c2)cc1C. The highest BCUT2D eigenvalue weighted by Gasteiger charge is 2.20. The molecule has 0 aliphatic rings. The molecule has 0 saturated carbocycles. The second-order valence-electron chi connectivity index (χ2n) is 5.85. The Morgan fingerprint density at radius 3 is 2.28 bits per heavy atom. The number of carboxylic acid groups (broad SMARTS) is 2. The van der Waals surface area contributed by atoms with Gasteiger partial charge in [-0.25, -0.2) is 4.79 Å². The first-order chi connectivity index (χ1) is 11.8. The highest BCUT2D eigenvalue weighted by atomic mass is 16.4. The molecule has 130 valence electrons. The average molecular weight is 341 g/mol. The van der Waals surface area contributed by atoms with Gasteiger partial charge in [-0.2, -0.15) is 0 Å². The van der Waals surface area contributed by atoms with Gasteiger partial charge in [-0.15, -0.1) is 0 Å². The molecule has 0 aliphatic heterocycles. The van der Waals surface area contributed by atoms with E-state index in [0.29, 0.717) is 11.1 Å². The Kier molecular flexibility index (Phi) is 5.54. The van der Waals surface area contributed by atoms with E-state index in [2.05, 4.69) is 5.32 Å². The Morgan fingerprint density at radius 2 is 1.68 bits per heavy atom. The third kappa shape index (κ3) is 4.67. The first-order valence-corrected chi connectivity index (χ1v) is 7.71. The lowest BCUT2D eigenvalue weighted by Gasteiger charge is -2.18. The van der Waals surface area contributed by atoms with E-state index in [9.17, 15) is 14.4 Å². The minimum absolute atomic E-state index is 0.0355. The van der Waals surface area contributed by atoms with Crippen LogP contribution in [0.2, 0.25) is 0 Å². The maximum absolute atomic E-state index is 12.5. The quantitative estimate of drug-likeness (QED) is 0.749. The number of carbonyl (C=O) groups excluding carboxylic acids is 1. The van der Waals surface area contributed by atoms with Crippen molar-refractivity contribution in [3.05, 3.63) is 70.3 Å². The van der Waals surface area contributed by atoms with Crippen molar-refractivity contribution in [3.63, 3.8) is 0 Å². The van der Waals surface area contributed by atoms with Crippen LogP contribution in [-0.4, -0.2) is 28.1 Å². The molecule has 2 aromatic rings. The van der Waals surface area contributed by atoms with E-state index in [1.165, 1.54) is 18.2 Å². The fourth-order valence-corrected chi connectivity index (χ4v) is 2.44. The maximum atomic E-state index is 12.5. The van der Waals surface area contributed by atoms with Crippen molar-refractivity contribution in [2.24, 2.45) is 0 Å². The van der Waals surface area contributed by atoms with Gasteiger partial charge >= 0.3 is 11.9 Å². The lowest BCUT2D eigenvalue weighted by Crippen LogP contribution is -2.30. The third-order valence-electron chi connectivity index (χ3n) is 3.99. The number of nitrogens with one attached hydrogen (secondary N) is 1. The van der Waals surface area contributed by atoms with Gasteiger partial charge in [0.25, 0.3) is 5.91 Å². The summed E-state index contributed by atoms with van der Waals surface area (Å²) in [6.07, 6.45) is -0.348. The Hall–Kier alpha value is -3.15. The predicted octanol–water partition coefficient (Wildman–Crippen LogP) is 2.95. The summed E-state index contributed by atoms with van der Waals surface area (Å²) in [6, 6.07) is 10.3. The number of amides is 1. The van der Waals surface area contributed by atoms with Crippen molar-refractivity contribution in [2.45, 2.75) is 26.3 Å². The smallest absolute Gasteiger partial charge is 0.335 e. The molecule has 0 heterocycles. The topological polar surface area (TPSA) is 104 Å². The van der Waals surface area contributed by atoms with Crippen molar-refractivity contribution < 1.29 is 24.6 Å². The van der Waals surface area contributed by atoms with Gasteiger partial charge in [0.15, 0.2) is 0 Å². The largest absolute Gasteiger partial charge is 0.481 e. The number of rotatable bonds is 6. The molecule has 3 N–H and O–H groups in total. The summed E-state index contributed by atoms with van der Waals surface area (Å²) in [5.74, 6) is -2.61. The molecule has 0 aliphatic carbocycles. The van der Waals surface area contributed by atoms with Crippen LogP contribution in [0.4, 0.5) is 0 Å². The van der Waals surface area contributed by atoms with Gasteiger partial charge in [-0.3, -0.25) is 9.59 Å². The fourth-order valence-electron chi connectivity index (χ4n) is 2.44. The van der Waals surface area contributed by atoms with Crippen LogP contribution >= 0.6 is 0 Å². The van der Waals surface area contributed by atoms with Crippen LogP contribution in [0.5, 0.6) is 0 Å². The number of carboxylic acids is 2. The molecular weight excluding hydrogens is 322 g/mol. The van der Waals surface area contributed by atoms with E-state index in [-0.39, 0.29) is 12.0 Å². The number of hydrogen-bond acceptors (Lipinski definition) is 3. The van der Waals surface area contributed by atoms with Crippen LogP contribution in [0.15, 0.2) is 42.5 Å². The second kappa shape index (κ2) is 7.61. The Labute approximate surface area is 145 Å². The fraction of sp³-hybridized carbons (Fsp3) is 0.211. The zero-order valence-corrected chi connectivity index (χ0v) is 13.9. The predicted molar refractivity (Wildman–Crippen MR) is 91.8 cm³/mol. The number of carbonyl (C=O) groups is 3. The molecular formula is C19H19NO5. The normalized spacial score (nSPS) is 11.6. The molecule has 0 spiro atoms. The molecule has 0 bridgehead atoms. The van der Waals surface area contributed by atoms with Crippen molar-refractivity contribution in [2.75, 3.05) is 0 Å². The van der Waals surface area contributed by atoms with Gasteiger partial charge in [0.1, 0.15) is 0 Å². The van der Waals surface area contributed by atoms with Crippen LogP contribution in [-0.2, 0) is 4.79 Å². The molecule has 1 amide bonds. The molecule has 0 aromatic heterocycles. The molecule has 0 radical (unpaired) electrons. The standard InChI is InChI=1S/C19H19NO5/c1-11-6-7-14(8-12(11)2)18(23)20-16(10-17(21)22)13-4-3-5-15(9-13)19(24)25/h3-9,16H,10H2,1-2H3,(H,20,23)(H,21,22)(H,24,25). The first kappa shape index (κ1) is 18.2. The Morgan fingerprint density at radius 1 is 0.960 bits per heavy atom. The summed E-state index contributed by atoms with van der Waals surface area (Å²) < 4.78 is 0. The van der Waals surface area contributed by atoms with Gasteiger partial charge in [0, 0.05) is 5.56 Å². The van der Waals surface area contributed by atoms with E-state index >= 15 is 0 Å². The van der Waals surface area contributed by atoms with Crippen LogP contribution < -0.4 is 5.32 Å². The molecule has 1 atom stereocenters. The minimum atomic E-state index is -1.11. The van der Waals surface area contributed by atoms with Crippen LogP contribution in [0.1, 0.15) is 49.9 Å². The molecule has 25 heavy (non-hydrogen) atoms. The van der Waals surface area contributed by atoms with Gasteiger partial charge < -0.3 is 15.5 Å². The molecule has 2 rings (SSSR count). The van der Waals surface area contributed by atoms with Crippen LogP contribution in [0.3, 0.4) is 0 Å². The van der Waals surface area contributed by atoms with Gasteiger partial charge in [-0.1, -0.05) is 18.2 Å². The zero-order chi connectivity index (χ0) is 18.6. The van der Waals surface area contributed by atoms with Crippen LogP contribution in [0, 0.1) is 13.8 Å².